The average molecular weight is 427 g/mol. The molecule has 1 aromatic heterocycles. The van der Waals surface area contributed by atoms with Crippen molar-refractivity contribution in [2.45, 2.75) is 27.7 Å². The Morgan fingerprint density at radius 2 is 1.90 bits per heavy atom. The topological polar surface area (TPSA) is 59.7 Å². The molecule has 0 atom stereocenters. The highest BCUT2D eigenvalue weighted by atomic mass is 19.1. The number of aryl methyl sites for hydroxylation is 1. The first kappa shape index (κ1) is 22.7. The van der Waals surface area contributed by atoms with Crippen LogP contribution in [0.15, 0.2) is 18.2 Å². The molecule has 7 heteroatoms. The minimum absolute atomic E-state index is 0.0558. The molecule has 1 aliphatic rings. The van der Waals surface area contributed by atoms with Gasteiger partial charge in [-0.1, -0.05) is 6.92 Å². The van der Waals surface area contributed by atoms with E-state index in [4.69, 9.17) is 0 Å². The summed E-state index contributed by atoms with van der Waals surface area (Å²) < 4.78 is 13.9. The van der Waals surface area contributed by atoms with E-state index in [0.29, 0.717) is 41.2 Å². The van der Waals surface area contributed by atoms with Crippen molar-refractivity contribution in [3.8, 4) is 0 Å². The molecule has 6 nitrogen and oxygen atoms in total. The van der Waals surface area contributed by atoms with Crippen LogP contribution in [0.2, 0.25) is 0 Å². The number of fused-ring (bicyclic) bond motifs is 1. The van der Waals surface area contributed by atoms with Crippen molar-refractivity contribution in [3.05, 3.63) is 52.1 Å². The van der Waals surface area contributed by atoms with Crippen molar-refractivity contribution < 1.29 is 14.0 Å². The van der Waals surface area contributed by atoms with Crippen molar-refractivity contribution in [1.29, 1.82) is 0 Å². The normalized spacial score (nSPS) is 14.6. The van der Waals surface area contributed by atoms with Gasteiger partial charge in [0, 0.05) is 43.6 Å². The van der Waals surface area contributed by atoms with E-state index in [-0.39, 0.29) is 17.6 Å². The minimum atomic E-state index is -0.385. The second-order valence-electron chi connectivity index (χ2n) is 8.06. The fourth-order valence-corrected chi connectivity index (χ4v) is 3.94. The maximum atomic E-state index is 13.9. The Balaban J connectivity index is 1.96. The minimum Gasteiger partial charge on any atom is -0.358 e. The zero-order chi connectivity index (χ0) is 22.9. The summed E-state index contributed by atoms with van der Waals surface area (Å²) in [5.41, 5.74) is 4.55. The van der Waals surface area contributed by atoms with E-state index in [1.54, 1.807) is 29.0 Å². The Morgan fingerprint density at radius 3 is 2.55 bits per heavy atom. The number of carbonyl (C=O) groups excluding carboxylic acids is 2. The molecular weight excluding hydrogens is 395 g/mol. The van der Waals surface area contributed by atoms with Crippen LogP contribution < -0.4 is 4.90 Å². The molecule has 0 radical (unpaired) electrons. The van der Waals surface area contributed by atoms with E-state index >= 15 is 0 Å². The molecule has 0 saturated heterocycles. The summed E-state index contributed by atoms with van der Waals surface area (Å²) >= 11 is 0. The Hall–Kier alpha value is -2.93. The van der Waals surface area contributed by atoms with Crippen LogP contribution >= 0.6 is 0 Å². The van der Waals surface area contributed by atoms with Crippen LogP contribution in [0.5, 0.6) is 0 Å². The number of amides is 2. The maximum Gasteiger partial charge on any atom is 0.259 e. The molecule has 0 spiro atoms. The maximum absolute atomic E-state index is 13.9. The first-order valence-corrected chi connectivity index (χ1v) is 10.7. The largest absolute Gasteiger partial charge is 0.358 e. The van der Waals surface area contributed by atoms with Crippen LogP contribution in [0.1, 0.15) is 46.7 Å². The molecule has 1 aromatic carbocycles. The molecule has 0 aliphatic carbocycles. The number of likely N-dealkylation sites (N-methyl/N-ethyl adjacent to an activating group) is 3. The lowest BCUT2D eigenvalue weighted by molar-refractivity contribution is -0.112. The summed E-state index contributed by atoms with van der Waals surface area (Å²) in [6.07, 6.45) is 1.74. The second kappa shape index (κ2) is 9.06. The van der Waals surface area contributed by atoms with Crippen molar-refractivity contribution in [2.24, 2.45) is 0 Å². The van der Waals surface area contributed by atoms with E-state index in [9.17, 15) is 14.0 Å². The number of nitrogens with zero attached hydrogens (tertiary/aromatic N) is 3. The van der Waals surface area contributed by atoms with Crippen LogP contribution in [0, 0.1) is 19.7 Å². The Bertz CT molecular complexity index is 1040. The van der Waals surface area contributed by atoms with Crippen LogP contribution in [-0.2, 0) is 4.79 Å². The number of aromatic nitrogens is 1. The second-order valence-corrected chi connectivity index (χ2v) is 8.06. The average Bonchev–Trinajstić information content (AvgIpc) is 3.17. The first-order valence-electron chi connectivity index (χ1n) is 10.7. The standard InChI is InChI=1S/C24H31FN4O2/c1-7-27(5)11-12-28(6)24(31)22-15(3)20(26-16(22)4)14-19-18-13-17(25)9-10-21(18)29(8-2)23(19)30/h9-10,13-14,26H,7-8,11-12H2,1-6H3/b19-14-. The zero-order valence-corrected chi connectivity index (χ0v) is 19.2. The predicted octanol–water partition coefficient (Wildman–Crippen LogP) is 3.70. The molecule has 2 heterocycles. The SMILES string of the molecule is CCN(C)CCN(C)C(=O)c1c(C)[nH]c(/C=C2\C(=O)N(CC)c3ccc(F)cc32)c1C. The van der Waals surface area contributed by atoms with Crippen molar-refractivity contribution in [1.82, 2.24) is 14.8 Å². The van der Waals surface area contributed by atoms with Crippen molar-refractivity contribution in [3.63, 3.8) is 0 Å². The molecule has 0 saturated carbocycles. The third kappa shape index (κ3) is 4.28. The number of halogens is 1. The smallest absolute Gasteiger partial charge is 0.259 e. The van der Waals surface area contributed by atoms with Crippen molar-refractivity contribution >= 4 is 29.2 Å². The van der Waals surface area contributed by atoms with E-state index in [2.05, 4.69) is 16.8 Å². The van der Waals surface area contributed by atoms with Gasteiger partial charge in [-0.2, -0.15) is 0 Å². The molecule has 166 valence electrons. The summed E-state index contributed by atoms with van der Waals surface area (Å²) in [6, 6.07) is 4.39. The van der Waals surface area contributed by atoms with Crippen LogP contribution in [-0.4, -0.2) is 66.9 Å². The number of aromatic amines is 1. The lowest BCUT2D eigenvalue weighted by atomic mass is 10.0. The van der Waals surface area contributed by atoms with E-state index < -0.39 is 0 Å². The van der Waals surface area contributed by atoms with E-state index in [1.165, 1.54) is 12.1 Å². The number of benzene rings is 1. The highest BCUT2D eigenvalue weighted by Crippen LogP contribution is 2.38. The third-order valence-corrected chi connectivity index (χ3v) is 6.01. The fraction of sp³-hybridized carbons (Fsp3) is 0.417. The molecule has 0 bridgehead atoms. The molecule has 2 aromatic rings. The molecule has 31 heavy (non-hydrogen) atoms. The Morgan fingerprint density at radius 1 is 1.19 bits per heavy atom. The van der Waals surface area contributed by atoms with Gasteiger partial charge in [-0.25, -0.2) is 4.39 Å². The molecule has 3 rings (SSSR count). The number of anilines is 1. The molecule has 1 aliphatic heterocycles. The van der Waals surface area contributed by atoms with Gasteiger partial charge in [0.15, 0.2) is 0 Å². The Labute approximate surface area is 183 Å². The van der Waals surface area contributed by atoms with Gasteiger partial charge < -0.3 is 19.7 Å². The predicted molar refractivity (Wildman–Crippen MR) is 123 cm³/mol. The zero-order valence-electron chi connectivity index (χ0n) is 19.2. The van der Waals surface area contributed by atoms with Gasteiger partial charge >= 0.3 is 0 Å². The highest BCUT2D eigenvalue weighted by Gasteiger charge is 2.32. The van der Waals surface area contributed by atoms with Crippen LogP contribution in [0.25, 0.3) is 11.6 Å². The lowest BCUT2D eigenvalue weighted by Crippen LogP contribution is -2.35. The van der Waals surface area contributed by atoms with Gasteiger partial charge in [-0.15, -0.1) is 0 Å². The number of hydrogen-bond acceptors (Lipinski definition) is 3. The number of nitrogens with one attached hydrogen (secondary N) is 1. The highest BCUT2D eigenvalue weighted by molar-refractivity contribution is 6.35. The summed E-state index contributed by atoms with van der Waals surface area (Å²) in [6.45, 7) is 10.5. The lowest BCUT2D eigenvalue weighted by Gasteiger charge is -2.21. The van der Waals surface area contributed by atoms with Gasteiger partial charge in [0.2, 0.25) is 0 Å². The van der Waals surface area contributed by atoms with Gasteiger partial charge in [0.25, 0.3) is 11.8 Å². The number of hydrogen-bond donors (Lipinski definition) is 1. The first-order chi connectivity index (χ1) is 14.7. The molecule has 0 unspecified atom stereocenters. The summed E-state index contributed by atoms with van der Waals surface area (Å²) in [7, 11) is 3.82. The third-order valence-electron chi connectivity index (χ3n) is 6.01. The number of carbonyl (C=O) groups is 2. The van der Waals surface area contributed by atoms with Crippen molar-refractivity contribution in [2.75, 3.05) is 45.2 Å². The molecule has 2 amide bonds. The quantitative estimate of drug-likeness (QED) is 0.687. The monoisotopic (exact) mass is 426 g/mol. The summed E-state index contributed by atoms with van der Waals surface area (Å²) in [4.78, 5) is 34.8. The van der Waals surface area contributed by atoms with Gasteiger partial charge in [-0.3, -0.25) is 9.59 Å². The van der Waals surface area contributed by atoms with Gasteiger partial charge in [-0.05, 0) is 64.2 Å². The van der Waals surface area contributed by atoms with E-state index in [1.807, 2.05) is 27.8 Å². The summed E-state index contributed by atoms with van der Waals surface area (Å²) in [5.74, 6) is -0.605. The van der Waals surface area contributed by atoms with Crippen LogP contribution in [0.3, 0.4) is 0 Å². The molecular formula is C24H31FN4O2. The van der Waals surface area contributed by atoms with E-state index in [0.717, 1.165) is 24.3 Å². The summed E-state index contributed by atoms with van der Waals surface area (Å²) in [5, 5.41) is 0. The fourth-order valence-electron chi connectivity index (χ4n) is 3.94. The number of rotatable bonds is 7. The molecule has 0 fully saturated rings. The van der Waals surface area contributed by atoms with Gasteiger partial charge in [0.05, 0.1) is 16.8 Å². The van der Waals surface area contributed by atoms with Gasteiger partial charge in [0.1, 0.15) is 5.82 Å². The molecule has 1 N–H and O–H groups in total. The Kier molecular flexibility index (Phi) is 6.65. The van der Waals surface area contributed by atoms with Crippen LogP contribution in [0.4, 0.5) is 10.1 Å². The number of H-pyrrole nitrogens is 1.